The fraction of sp³-hybridized carbons (Fsp3) is 0.412. The zero-order chi connectivity index (χ0) is 16.2. The molecule has 22 heavy (non-hydrogen) atoms. The summed E-state index contributed by atoms with van der Waals surface area (Å²) in [5, 5.41) is 4.97. The molecule has 0 aliphatic rings. The second-order valence-corrected chi connectivity index (χ2v) is 8.30. The Labute approximate surface area is 140 Å². The SMILES string of the molecule is CCC(C)(C)NC(=O)C(C)Sc1nc(-c2ccccc2)cs1. The first-order valence-corrected chi connectivity index (χ1v) is 9.17. The highest BCUT2D eigenvalue weighted by atomic mass is 32.2. The number of thiazole rings is 1. The van der Waals surface area contributed by atoms with Crippen LogP contribution in [0.1, 0.15) is 34.1 Å². The molecule has 1 unspecified atom stereocenters. The summed E-state index contributed by atoms with van der Waals surface area (Å²) in [4.78, 5) is 16.9. The van der Waals surface area contributed by atoms with Gasteiger partial charge < -0.3 is 5.32 Å². The summed E-state index contributed by atoms with van der Waals surface area (Å²) in [6.45, 7) is 8.08. The maximum absolute atomic E-state index is 12.2. The van der Waals surface area contributed by atoms with Crippen LogP contribution in [0, 0.1) is 0 Å². The van der Waals surface area contributed by atoms with Gasteiger partial charge in [-0.3, -0.25) is 4.79 Å². The second kappa shape index (κ2) is 7.29. The minimum absolute atomic E-state index is 0.0633. The molecule has 2 rings (SSSR count). The summed E-state index contributed by atoms with van der Waals surface area (Å²) >= 11 is 3.10. The van der Waals surface area contributed by atoms with E-state index < -0.39 is 0 Å². The summed E-state index contributed by atoms with van der Waals surface area (Å²) < 4.78 is 0.927. The molecule has 0 bridgehead atoms. The predicted octanol–water partition coefficient (Wildman–Crippen LogP) is 4.60. The zero-order valence-electron chi connectivity index (χ0n) is 13.4. The van der Waals surface area contributed by atoms with Crippen molar-refractivity contribution in [3.8, 4) is 11.3 Å². The molecule has 0 aliphatic carbocycles. The van der Waals surface area contributed by atoms with Crippen molar-refractivity contribution >= 4 is 29.0 Å². The number of carbonyl (C=O) groups excluding carboxylic acids is 1. The average Bonchev–Trinajstić information content (AvgIpc) is 2.96. The number of rotatable bonds is 6. The van der Waals surface area contributed by atoms with Crippen molar-refractivity contribution in [3.05, 3.63) is 35.7 Å². The van der Waals surface area contributed by atoms with Crippen LogP contribution >= 0.6 is 23.1 Å². The van der Waals surface area contributed by atoms with E-state index in [2.05, 4.69) is 17.2 Å². The van der Waals surface area contributed by atoms with Gasteiger partial charge in [0.05, 0.1) is 10.9 Å². The van der Waals surface area contributed by atoms with Crippen LogP contribution in [0.2, 0.25) is 0 Å². The van der Waals surface area contributed by atoms with Crippen LogP contribution in [-0.2, 0) is 4.79 Å². The Morgan fingerprint density at radius 1 is 1.36 bits per heavy atom. The van der Waals surface area contributed by atoms with Crippen molar-refractivity contribution < 1.29 is 4.79 Å². The van der Waals surface area contributed by atoms with Gasteiger partial charge in [-0.05, 0) is 27.2 Å². The number of thioether (sulfide) groups is 1. The lowest BCUT2D eigenvalue weighted by atomic mass is 10.0. The summed E-state index contributed by atoms with van der Waals surface area (Å²) in [7, 11) is 0. The Kier molecular flexibility index (Phi) is 5.64. The van der Waals surface area contributed by atoms with Gasteiger partial charge >= 0.3 is 0 Å². The van der Waals surface area contributed by atoms with E-state index in [1.54, 1.807) is 11.3 Å². The van der Waals surface area contributed by atoms with Crippen molar-refractivity contribution in [2.75, 3.05) is 0 Å². The number of nitrogens with zero attached hydrogens (tertiary/aromatic N) is 1. The molecule has 2 aromatic rings. The van der Waals surface area contributed by atoms with E-state index in [0.717, 1.165) is 22.0 Å². The second-order valence-electron chi connectivity index (χ2n) is 5.85. The minimum atomic E-state index is -0.163. The number of hydrogen-bond acceptors (Lipinski definition) is 4. The molecule has 3 nitrogen and oxygen atoms in total. The molecular formula is C17H22N2OS2. The Morgan fingerprint density at radius 3 is 2.68 bits per heavy atom. The monoisotopic (exact) mass is 334 g/mol. The number of hydrogen-bond donors (Lipinski definition) is 1. The highest BCUT2D eigenvalue weighted by molar-refractivity contribution is 8.02. The van der Waals surface area contributed by atoms with Crippen LogP contribution < -0.4 is 5.32 Å². The highest BCUT2D eigenvalue weighted by Gasteiger charge is 2.23. The van der Waals surface area contributed by atoms with Crippen LogP contribution in [0.25, 0.3) is 11.3 Å². The number of nitrogens with one attached hydrogen (secondary N) is 1. The molecule has 0 aliphatic heterocycles. The standard InChI is InChI=1S/C17H22N2OS2/c1-5-17(3,4)19-15(20)12(2)22-16-18-14(11-21-16)13-9-7-6-8-10-13/h6-12H,5H2,1-4H3,(H,19,20). The Bertz CT molecular complexity index is 623. The smallest absolute Gasteiger partial charge is 0.233 e. The zero-order valence-corrected chi connectivity index (χ0v) is 15.1. The molecule has 1 aromatic carbocycles. The predicted molar refractivity (Wildman–Crippen MR) is 95.4 cm³/mol. The van der Waals surface area contributed by atoms with Gasteiger partial charge in [0.1, 0.15) is 0 Å². The van der Waals surface area contributed by atoms with Gasteiger partial charge in [-0.15, -0.1) is 11.3 Å². The number of aromatic nitrogens is 1. The Balaban J connectivity index is 1.99. The molecule has 1 aromatic heterocycles. The molecule has 0 spiro atoms. The van der Waals surface area contributed by atoms with E-state index in [9.17, 15) is 4.79 Å². The topological polar surface area (TPSA) is 42.0 Å². The van der Waals surface area contributed by atoms with Gasteiger partial charge in [0.25, 0.3) is 0 Å². The van der Waals surface area contributed by atoms with Gasteiger partial charge in [-0.25, -0.2) is 4.98 Å². The number of benzene rings is 1. The van der Waals surface area contributed by atoms with Crippen LogP contribution in [0.15, 0.2) is 40.1 Å². The molecule has 0 fully saturated rings. The average molecular weight is 335 g/mol. The summed E-state index contributed by atoms with van der Waals surface area (Å²) in [5.74, 6) is 0.0633. The van der Waals surface area contributed by atoms with Crippen LogP contribution in [0.3, 0.4) is 0 Å². The minimum Gasteiger partial charge on any atom is -0.350 e. The fourth-order valence-electron chi connectivity index (χ4n) is 1.78. The highest BCUT2D eigenvalue weighted by Crippen LogP contribution is 2.31. The van der Waals surface area contributed by atoms with Gasteiger partial charge in [0, 0.05) is 16.5 Å². The molecule has 1 heterocycles. The lowest BCUT2D eigenvalue weighted by Gasteiger charge is -2.26. The quantitative estimate of drug-likeness (QED) is 0.785. The maximum atomic E-state index is 12.2. The van der Waals surface area contributed by atoms with E-state index in [1.807, 2.05) is 56.5 Å². The largest absolute Gasteiger partial charge is 0.350 e. The van der Waals surface area contributed by atoms with E-state index in [4.69, 9.17) is 0 Å². The fourth-order valence-corrected chi connectivity index (χ4v) is 3.75. The Morgan fingerprint density at radius 2 is 2.05 bits per heavy atom. The lowest BCUT2D eigenvalue weighted by molar-refractivity contribution is -0.121. The Hall–Kier alpha value is -1.33. The van der Waals surface area contributed by atoms with Gasteiger partial charge in [0.15, 0.2) is 4.34 Å². The third-order valence-corrected chi connectivity index (χ3v) is 5.62. The molecule has 5 heteroatoms. The summed E-state index contributed by atoms with van der Waals surface area (Å²) in [6, 6.07) is 10.1. The first-order chi connectivity index (χ1) is 10.4. The van der Waals surface area contributed by atoms with Crippen LogP contribution in [-0.4, -0.2) is 21.7 Å². The molecule has 1 N–H and O–H groups in total. The number of amides is 1. The van der Waals surface area contributed by atoms with E-state index in [1.165, 1.54) is 11.8 Å². The van der Waals surface area contributed by atoms with Crippen LogP contribution in [0.4, 0.5) is 0 Å². The van der Waals surface area contributed by atoms with Crippen molar-refractivity contribution in [2.24, 2.45) is 0 Å². The molecule has 1 atom stereocenters. The summed E-state index contributed by atoms with van der Waals surface area (Å²) in [5.41, 5.74) is 1.91. The van der Waals surface area contributed by atoms with E-state index in [-0.39, 0.29) is 16.7 Å². The van der Waals surface area contributed by atoms with Crippen molar-refractivity contribution in [3.63, 3.8) is 0 Å². The van der Waals surface area contributed by atoms with Crippen molar-refractivity contribution in [1.82, 2.24) is 10.3 Å². The molecule has 0 saturated carbocycles. The number of carbonyl (C=O) groups is 1. The molecule has 0 saturated heterocycles. The van der Waals surface area contributed by atoms with Gasteiger partial charge in [-0.2, -0.15) is 0 Å². The van der Waals surface area contributed by atoms with Crippen molar-refractivity contribution in [1.29, 1.82) is 0 Å². The molecular weight excluding hydrogens is 312 g/mol. The van der Waals surface area contributed by atoms with Crippen molar-refractivity contribution in [2.45, 2.75) is 49.2 Å². The first kappa shape index (κ1) is 17.0. The lowest BCUT2D eigenvalue weighted by Crippen LogP contribution is -2.46. The third-order valence-electron chi connectivity index (χ3n) is 3.54. The van der Waals surface area contributed by atoms with Crippen LogP contribution in [0.5, 0.6) is 0 Å². The normalized spacial score (nSPS) is 12.9. The maximum Gasteiger partial charge on any atom is 0.233 e. The molecule has 118 valence electrons. The molecule has 0 radical (unpaired) electrons. The van der Waals surface area contributed by atoms with E-state index in [0.29, 0.717) is 0 Å². The van der Waals surface area contributed by atoms with Gasteiger partial charge in [-0.1, -0.05) is 49.0 Å². The molecule has 1 amide bonds. The summed E-state index contributed by atoms with van der Waals surface area (Å²) in [6.07, 6.45) is 0.908. The van der Waals surface area contributed by atoms with Gasteiger partial charge in [0.2, 0.25) is 5.91 Å². The third kappa shape index (κ3) is 4.58. The first-order valence-electron chi connectivity index (χ1n) is 7.41. The van der Waals surface area contributed by atoms with E-state index >= 15 is 0 Å².